The van der Waals surface area contributed by atoms with E-state index in [2.05, 4.69) is 4.98 Å². The van der Waals surface area contributed by atoms with Crippen LogP contribution in [0.2, 0.25) is 5.02 Å². The first-order valence-electron chi connectivity index (χ1n) is 5.37. The minimum Gasteiger partial charge on any atom is -0.495 e. The smallest absolute Gasteiger partial charge is 0.342 e. The number of carboxylic acids is 1. The molecule has 0 fully saturated rings. The van der Waals surface area contributed by atoms with Crippen LogP contribution >= 0.6 is 11.6 Å². The van der Waals surface area contributed by atoms with Crippen molar-refractivity contribution in [1.29, 1.82) is 0 Å². The van der Waals surface area contributed by atoms with Crippen molar-refractivity contribution in [3.8, 4) is 11.4 Å². The van der Waals surface area contributed by atoms with Crippen molar-refractivity contribution in [2.24, 2.45) is 0 Å². The van der Waals surface area contributed by atoms with Crippen LogP contribution < -0.4 is 16.0 Å². The number of nitrogens with zero attached hydrogens (tertiary/aromatic N) is 1. The molecule has 2 rings (SSSR count). The van der Waals surface area contributed by atoms with E-state index < -0.39 is 22.8 Å². The molecule has 1 heterocycles. The van der Waals surface area contributed by atoms with E-state index in [0.29, 0.717) is 4.57 Å². The number of methoxy groups -OCH3 is 1. The predicted octanol–water partition coefficient (Wildman–Crippen LogP) is 0.886. The lowest BCUT2D eigenvalue weighted by Crippen LogP contribution is -2.37. The van der Waals surface area contributed by atoms with E-state index in [0.717, 1.165) is 6.20 Å². The van der Waals surface area contributed by atoms with Crippen molar-refractivity contribution < 1.29 is 14.6 Å². The van der Waals surface area contributed by atoms with Gasteiger partial charge in [0.2, 0.25) is 0 Å². The number of nitrogens with one attached hydrogen (secondary N) is 1. The molecule has 0 unspecified atom stereocenters. The maximum absolute atomic E-state index is 12.1. The van der Waals surface area contributed by atoms with Gasteiger partial charge >= 0.3 is 11.7 Å². The molecule has 20 heavy (non-hydrogen) atoms. The van der Waals surface area contributed by atoms with Crippen molar-refractivity contribution in [2.75, 3.05) is 7.11 Å². The number of hydrogen-bond acceptors (Lipinski definition) is 4. The molecule has 2 N–H and O–H groups in total. The Morgan fingerprint density at radius 2 is 2.10 bits per heavy atom. The van der Waals surface area contributed by atoms with Crippen molar-refractivity contribution in [2.45, 2.75) is 0 Å². The molecule has 0 radical (unpaired) electrons. The summed E-state index contributed by atoms with van der Waals surface area (Å²) in [5.41, 5.74) is -2.26. The van der Waals surface area contributed by atoms with Gasteiger partial charge in [0.15, 0.2) is 0 Å². The number of carbonyl (C=O) groups is 1. The van der Waals surface area contributed by atoms with E-state index >= 15 is 0 Å². The van der Waals surface area contributed by atoms with Crippen LogP contribution in [0.15, 0.2) is 34.0 Å². The Morgan fingerprint density at radius 1 is 1.40 bits per heavy atom. The number of benzene rings is 1. The zero-order chi connectivity index (χ0) is 14.9. The molecule has 0 saturated carbocycles. The van der Waals surface area contributed by atoms with Crippen LogP contribution in [0.1, 0.15) is 10.4 Å². The second-order valence-corrected chi connectivity index (χ2v) is 4.21. The van der Waals surface area contributed by atoms with Crippen LogP contribution in [0.4, 0.5) is 0 Å². The van der Waals surface area contributed by atoms with Gasteiger partial charge in [0, 0.05) is 11.2 Å². The van der Waals surface area contributed by atoms with Gasteiger partial charge in [-0.3, -0.25) is 4.79 Å². The van der Waals surface area contributed by atoms with Crippen LogP contribution in [-0.4, -0.2) is 27.7 Å². The van der Waals surface area contributed by atoms with E-state index in [-0.39, 0.29) is 16.5 Å². The minimum absolute atomic E-state index is 0.0642. The van der Waals surface area contributed by atoms with Gasteiger partial charge in [-0.25, -0.2) is 14.2 Å². The first-order chi connectivity index (χ1) is 9.45. The van der Waals surface area contributed by atoms with Crippen LogP contribution in [0, 0.1) is 0 Å². The normalized spacial score (nSPS) is 10.3. The average Bonchev–Trinajstić information content (AvgIpc) is 2.38. The Morgan fingerprint density at radius 3 is 2.70 bits per heavy atom. The lowest BCUT2D eigenvalue weighted by atomic mass is 10.2. The number of aromatic amines is 1. The van der Waals surface area contributed by atoms with E-state index in [1.165, 1.54) is 25.3 Å². The quantitative estimate of drug-likeness (QED) is 0.875. The molecule has 0 amide bonds. The van der Waals surface area contributed by atoms with Gasteiger partial charge in [0.1, 0.15) is 11.3 Å². The van der Waals surface area contributed by atoms with Gasteiger partial charge in [-0.05, 0) is 18.2 Å². The molecular formula is C12H9ClN2O5. The molecule has 7 nitrogen and oxygen atoms in total. The lowest BCUT2D eigenvalue weighted by Gasteiger charge is -2.10. The molecule has 0 spiro atoms. The Bertz CT molecular complexity index is 793. The molecule has 2 aromatic rings. The summed E-state index contributed by atoms with van der Waals surface area (Å²) in [7, 11) is 1.35. The summed E-state index contributed by atoms with van der Waals surface area (Å²) in [5, 5.41) is 9.19. The monoisotopic (exact) mass is 296 g/mol. The van der Waals surface area contributed by atoms with Crippen LogP contribution in [0.5, 0.6) is 5.75 Å². The van der Waals surface area contributed by atoms with Crippen molar-refractivity contribution in [3.05, 3.63) is 55.8 Å². The summed E-state index contributed by atoms with van der Waals surface area (Å²) >= 11 is 5.83. The topological polar surface area (TPSA) is 101 Å². The number of hydrogen-bond donors (Lipinski definition) is 2. The van der Waals surface area contributed by atoms with Gasteiger partial charge < -0.3 is 14.8 Å². The standard InChI is InChI=1S/C12H9ClN2O5/c1-20-9-3-2-6(13)4-8(9)15-10(16)7(11(17)18)5-14-12(15)19/h2-5H,1H3,(H,14,19)(H,17,18). The van der Waals surface area contributed by atoms with E-state index in [9.17, 15) is 14.4 Å². The number of ether oxygens (including phenoxy) is 1. The molecule has 0 aliphatic heterocycles. The second-order valence-electron chi connectivity index (χ2n) is 3.77. The SMILES string of the molecule is COc1ccc(Cl)cc1-n1c(=O)[nH]cc(C(=O)O)c1=O. The third-order valence-electron chi connectivity index (χ3n) is 2.59. The second kappa shape index (κ2) is 5.22. The van der Waals surface area contributed by atoms with Crippen molar-refractivity contribution in [1.82, 2.24) is 9.55 Å². The molecule has 104 valence electrons. The van der Waals surface area contributed by atoms with Gasteiger partial charge in [0.05, 0.1) is 12.8 Å². The summed E-state index contributed by atoms with van der Waals surface area (Å²) in [5.74, 6) is -1.23. The van der Waals surface area contributed by atoms with Gasteiger partial charge in [0.25, 0.3) is 5.56 Å². The number of aromatic nitrogens is 2. The predicted molar refractivity (Wildman–Crippen MR) is 71.2 cm³/mol. The Balaban J connectivity index is 2.86. The molecule has 0 aliphatic rings. The van der Waals surface area contributed by atoms with Crippen LogP contribution in [0.3, 0.4) is 0 Å². The fraction of sp³-hybridized carbons (Fsp3) is 0.0833. The third kappa shape index (κ3) is 2.30. The van der Waals surface area contributed by atoms with Gasteiger partial charge in [-0.1, -0.05) is 11.6 Å². The highest BCUT2D eigenvalue weighted by Crippen LogP contribution is 2.24. The molecule has 0 bridgehead atoms. The number of carboxylic acid groups (broad SMARTS) is 1. The van der Waals surface area contributed by atoms with Crippen molar-refractivity contribution in [3.63, 3.8) is 0 Å². The molecule has 0 aliphatic carbocycles. The molecule has 0 atom stereocenters. The van der Waals surface area contributed by atoms with Gasteiger partial charge in [-0.2, -0.15) is 0 Å². The number of rotatable bonds is 3. The largest absolute Gasteiger partial charge is 0.495 e. The van der Waals surface area contributed by atoms with Gasteiger partial charge in [-0.15, -0.1) is 0 Å². The molecule has 1 aromatic carbocycles. The first-order valence-corrected chi connectivity index (χ1v) is 5.75. The minimum atomic E-state index is -1.44. The number of halogens is 1. The highest BCUT2D eigenvalue weighted by Gasteiger charge is 2.17. The summed E-state index contributed by atoms with van der Waals surface area (Å²) in [6.45, 7) is 0. The molecule has 1 aromatic heterocycles. The highest BCUT2D eigenvalue weighted by atomic mass is 35.5. The Hall–Kier alpha value is -2.54. The lowest BCUT2D eigenvalue weighted by molar-refractivity contribution is 0.0694. The molecular weight excluding hydrogens is 288 g/mol. The maximum atomic E-state index is 12.1. The number of aromatic carboxylic acids is 1. The third-order valence-corrected chi connectivity index (χ3v) is 2.82. The average molecular weight is 297 g/mol. The zero-order valence-electron chi connectivity index (χ0n) is 10.2. The Labute approximate surface area is 117 Å². The fourth-order valence-electron chi connectivity index (χ4n) is 1.68. The Kier molecular flexibility index (Phi) is 3.62. The summed E-state index contributed by atoms with van der Waals surface area (Å²) in [6, 6.07) is 4.32. The zero-order valence-corrected chi connectivity index (χ0v) is 11.0. The summed E-state index contributed by atoms with van der Waals surface area (Å²) in [4.78, 5) is 37.0. The fourth-order valence-corrected chi connectivity index (χ4v) is 1.85. The van der Waals surface area contributed by atoms with E-state index in [4.69, 9.17) is 21.4 Å². The van der Waals surface area contributed by atoms with Crippen LogP contribution in [0.25, 0.3) is 5.69 Å². The molecule has 8 heteroatoms. The van der Waals surface area contributed by atoms with E-state index in [1.807, 2.05) is 0 Å². The first kappa shape index (κ1) is 13.9. The summed E-state index contributed by atoms with van der Waals surface area (Å²) in [6.07, 6.45) is 0.848. The van der Waals surface area contributed by atoms with Crippen molar-refractivity contribution >= 4 is 17.6 Å². The summed E-state index contributed by atoms with van der Waals surface area (Å²) < 4.78 is 5.71. The highest BCUT2D eigenvalue weighted by molar-refractivity contribution is 6.30. The van der Waals surface area contributed by atoms with Crippen LogP contribution in [-0.2, 0) is 0 Å². The molecule has 0 saturated heterocycles. The number of H-pyrrole nitrogens is 1. The maximum Gasteiger partial charge on any atom is 0.342 e. The van der Waals surface area contributed by atoms with E-state index in [1.54, 1.807) is 0 Å².